The van der Waals surface area contributed by atoms with Crippen LogP contribution < -0.4 is 16.0 Å². The monoisotopic (exact) mass is 270 g/mol. The quantitative estimate of drug-likeness (QED) is 0.536. The molecule has 0 amide bonds. The van der Waals surface area contributed by atoms with Crippen LogP contribution in [0.15, 0.2) is 23.2 Å². The van der Waals surface area contributed by atoms with E-state index in [2.05, 4.69) is 4.98 Å². The SMILES string of the molecule is NNc1ncccc1S(=O)(=O)NCC(F)(F)F. The zero-order valence-electron chi connectivity index (χ0n) is 8.32. The van der Waals surface area contributed by atoms with E-state index in [1.54, 1.807) is 0 Å². The Kier molecular flexibility index (Phi) is 3.91. The van der Waals surface area contributed by atoms with Crippen LogP contribution in [0.4, 0.5) is 19.0 Å². The average Bonchev–Trinajstić information content (AvgIpc) is 2.26. The number of nitrogens with two attached hydrogens (primary N) is 1. The first-order valence-corrected chi connectivity index (χ1v) is 5.72. The lowest BCUT2D eigenvalue weighted by atomic mass is 10.5. The van der Waals surface area contributed by atoms with Crippen molar-refractivity contribution in [1.82, 2.24) is 9.71 Å². The van der Waals surface area contributed by atoms with Crippen LogP contribution in [0, 0.1) is 0 Å². The van der Waals surface area contributed by atoms with Crippen LogP contribution in [0.25, 0.3) is 0 Å². The predicted octanol–water partition coefficient (Wildman–Crippen LogP) is 0.208. The lowest BCUT2D eigenvalue weighted by Crippen LogP contribution is -2.34. The first-order valence-electron chi connectivity index (χ1n) is 4.24. The summed E-state index contributed by atoms with van der Waals surface area (Å²) in [6.45, 7) is -1.66. The van der Waals surface area contributed by atoms with Crippen LogP contribution in [-0.4, -0.2) is 26.1 Å². The van der Waals surface area contributed by atoms with E-state index in [1.807, 2.05) is 5.43 Å². The van der Waals surface area contributed by atoms with Crippen LogP contribution >= 0.6 is 0 Å². The fourth-order valence-corrected chi connectivity index (χ4v) is 2.10. The number of hydrogen-bond acceptors (Lipinski definition) is 5. The van der Waals surface area contributed by atoms with Crippen molar-refractivity contribution in [3.8, 4) is 0 Å². The Morgan fingerprint density at radius 1 is 1.41 bits per heavy atom. The molecule has 1 aromatic rings. The zero-order valence-corrected chi connectivity index (χ0v) is 9.14. The maximum atomic E-state index is 11.9. The zero-order chi connectivity index (χ0) is 13.1. The Morgan fingerprint density at radius 3 is 2.59 bits per heavy atom. The molecule has 0 unspecified atom stereocenters. The minimum Gasteiger partial charge on any atom is -0.307 e. The molecule has 0 aromatic carbocycles. The average molecular weight is 270 g/mol. The van der Waals surface area contributed by atoms with Gasteiger partial charge in [0.1, 0.15) is 11.4 Å². The molecule has 0 radical (unpaired) electrons. The fraction of sp³-hybridized carbons (Fsp3) is 0.286. The van der Waals surface area contributed by atoms with Gasteiger partial charge in [-0.2, -0.15) is 13.2 Å². The molecule has 96 valence electrons. The number of hydrogen-bond donors (Lipinski definition) is 3. The van der Waals surface area contributed by atoms with Gasteiger partial charge < -0.3 is 5.43 Å². The number of halogens is 3. The van der Waals surface area contributed by atoms with Crippen molar-refractivity contribution in [3.05, 3.63) is 18.3 Å². The number of pyridine rings is 1. The molecule has 10 heteroatoms. The molecule has 0 saturated heterocycles. The van der Waals surface area contributed by atoms with Crippen molar-refractivity contribution in [3.63, 3.8) is 0 Å². The summed E-state index contributed by atoms with van der Waals surface area (Å²) >= 11 is 0. The highest BCUT2D eigenvalue weighted by atomic mass is 32.2. The summed E-state index contributed by atoms with van der Waals surface area (Å²) in [5.74, 6) is 4.77. The minimum atomic E-state index is -4.63. The van der Waals surface area contributed by atoms with E-state index in [0.717, 1.165) is 6.07 Å². The largest absolute Gasteiger partial charge is 0.402 e. The number of nitrogens with zero attached hydrogens (tertiary/aromatic N) is 1. The van der Waals surface area contributed by atoms with Crippen LogP contribution in [0.1, 0.15) is 0 Å². The first-order chi connectivity index (χ1) is 7.76. The van der Waals surface area contributed by atoms with E-state index in [1.165, 1.54) is 17.0 Å². The summed E-state index contributed by atoms with van der Waals surface area (Å²) < 4.78 is 60.1. The molecule has 0 aliphatic rings. The van der Waals surface area contributed by atoms with Gasteiger partial charge in [0.05, 0.1) is 0 Å². The van der Waals surface area contributed by atoms with E-state index in [-0.39, 0.29) is 5.82 Å². The van der Waals surface area contributed by atoms with Gasteiger partial charge in [0.25, 0.3) is 0 Å². The number of hydrazine groups is 1. The Labute approximate surface area is 95.0 Å². The number of rotatable bonds is 4. The molecule has 0 spiro atoms. The number of nitrogen functional groups attached to an aromatic ring is 1. The van der Waals surface area contributed by atoms with Gasteiger partial charge in [0.15, 0.2) is 5.82 Å². The molecule has 0 saturated carbocycles. The summed E-state index contributed by atoms with van der Waals surface area (Å²) in [6.07, 6.45) is -3.39. The number of nitrogens with one attached hydrogen (secondary N) is 2. The molecule has 0 aliphatic heterocycles. The van der Waals surface area contributed by atoms with Gasteiger partial charge in [-0.1, -0.05) is 0 Å². The molecule has 4 N–H and O–H groups in total. The summed E-state index contributed by atoms with van der Waals surface area (Å²) in [7, 11) is -4.31. The molecule has 0 bridgehead atoms. The molecule has 0 aliphatic carbocycles. The van der Waals surface area contributed by atoms with Gasteiger partial charge in [-0.15, -0.1) is 0 Å². The molecular formula is C7H9F3N4O2S. The van der Waals surface area contributed by atoms with E-state index in [4.69, 9.17) is 5.84 Å². The molecule has 1 heterocycles. The molecular weight excluding hydrogens is 261 g/mol. The van der Waals surface area contributed by atoms with E-state index >= 15 is 0 Å². The number of sulfonamides is 1. The highest BCUT2D eigenvalue weighted by Crippen LogP contribution is 2.18. The summed E-state index contributed by atoms with van der Waals surface area (Å²) in [6, 6.07) is 2.35. The standard InChI is InChI=1S/C7H9F3N4O2S/c8-7(9,10)4-13-17(15,16)5-2-1-3-12-6(5)14-11/h1-3,13H,4,11H2,(H,12,14). The smallest absolute Gasteiger partial charge is 0.307 e. The van der Waals surface area contributed by atoms with Crippen LogP contribution in [0.5, 0.6) is 0 Å². The second-order valence-corrected chi connectivity index (χ2v) is 4.67. The van der Waals surface area contributed by atoms with Crippen molar-refractivity contribution in [2.45, 2.75) is 11.1 Å². The Balaban J connectivity index is 2.98. The summed E-state index contributed by atoms with van der Waals surface area (Å²) in [5, 5.41) is 0. The number of anilines is 1. The van der Waals surface area contributed by atoms with Crippen LogP contribution in [0.3, 0.4) is 0 Å². The maximum Gasteiger partial charge on any atom is 0.402 e. The Hall–Kier alpha value is -1.39. The predicted molar refractivity (Wildman–Crippen MR) is 53.3 cm³/mol. The highest BCUT2D eigenvalue weighted by molar-refractivity contribution is 7.89. The molecule has 17 heavy (non-hydrogen) atoms. The van der Waals surface area contributed by atoms with E-state index < -0.39 is 27.6 Å². The lowest BCUT2D eigenvalue weighted by molar-refractivity contribution is -0.121. The maximum absolute atomic E-state index is 11.9. The second-order valence-electron chi connectivity index (χ2n) is 2.93. The lowest BCUT2D eigenvalue weighted by Gasteiger charge is -2.11. The highest BCUT2D eigenvalue weighted by Gasteiger charge is 2.30. The Morgan fingerprint density at radius 2 is 2.06 bits per heavy atom. The fourth-order valence-electron chi connectivity index (χ4n) is 0.970. The molecule has 1 rings (SSSR count). The van der Waals surface area contributed by atoms with Gasteiger partial charge in [-0.3, -0.25) is 0 Å². The molecule has 6 nitrogen and oxygen atoms in total. The van der Waals surface area contributed by atoms with Crippen molar-refractivity contribution >= 4 is 15.8 Å². The van der Waals surface area contributed by atoms with Gasteiger partial charge in [0, 0.05) is 6.20 Å². The molecule has 0 fully saturated rings. The Bertz CT molecular complexity index is 488. The van der Waals surface area contributed by atoms with Gasteiger partial charge in [0.2, 0.25) is 10.0 Å². The van der Waals surface area contributed by atoms with Gasteiger partial charge >= 0.3 is 6.18 Å². The van der Waals surface area contributed by atoms with Gasteiger partial charge in [-0.05, 0) is 12.1 Å². The normalized spacial score (nSPS) is 12.5. The van der Waals surface area contributed by atoms with Crippen LogP contribution in [-0.2, 0) is 10.0 Å². The molecule has 1 aromatic heterocycles. The molecule has 0 atom stereocenters. The van der Waals surface area contributed by atoms with Crippen molar-refractivity contribution in [1.29, 1.82) is 0 Å². The summed E-state index contributed by atoms with van der Waals surface area (Å²) in [5.41, 5.74) is 1.99. The van der Waals surface area contributed by atoms with Crippen molar-refractivity contribution in [2.75, 3.05) is 12.0 Å². The third-order valence-electron chi connectivity index (χ3n) is 1.66. The third kappa shape index (κ3) is 3.84. The second kappa shape index (κ2) is 4.85. The van der Waals surface area contributed by atoms with E-state index in [9.17, 15) is 21.6 Å². The number of alkyl halides is 3. The summed E-state index contributed by atoms with van der Waals surface area (Å²) in [4.78, 5) is 3.12. The van der Waals surface area contributed by atoms with Gasteiger partial charge in [-0.25, -0.2) is 24.0 Å². The van der Waals surface area contributed by atoms with Crippen LogP contribution in [0.2, 0.25) is 0 Å². The topological polar surface area (TPSA) is 97.1 Å². The number of aromatic nitrogens is 1. The third-order valence-corrected chi connectivity index (χ3v) is 3.09. The minimum absolute atomic E-state index is 0.234. The van der Waals surface area contributed by atoms with Crippen molar-refractivity contribution < 1.29 is 21.6 Å². The van der Waals surface area contributed by atoms with E-state index in [0.29, 0.717) is 0 Å². The first kappa shape index (κ1) is 13.7. The van der Waals surface area contributed by atoms with Crippen molar-refractivity contribution in [2.24, 2.45) is 5.84 Å².